The summed E-state index contributed by atoms with van der Waals surface area (Å²) in [5.41, 5.74) is 2.59. The van der Waals surface area contributed by atoms with Crippen molar-refractivity contribution in [2.24, 2.45) is 5.92 Å². The Kier molecular flexibility index (Phi) is 3.18. The van der Waals surface area contributed by atoms with E-state index in [0.717, 1.165) is 16.6 Å². The highest BCUT2D eigenvalue weighted by Gasteiger charge is 2.40. The van der Waals surface area contributed by atoms with E-state index in [1.807, 2.05) is 25.1 Å². The van der Waals surface area contributed by atoms with Gasteiger partial charge >= 0.3 is 0 Å². The van der Waals surface area contributed by atoms with Gasteiger partial charge in [-0.15, -0.1) is 0 Å². The summed E-state index contributed by atoms with van der Waals surface area (Å²) >= 11 is 0. The summed E-state index contributed by atoms with van der Waals surface area (Å²) < 4.78 is 0. The van der Waals surface area contributed by atoms with E-state index in [-0.39, 0.29) is 11.9 Å². The first-order valence-electron chi connectivity index (χ1n) is 8.13. The number of H-pyrrole nitrogens is 1. The standard InChI is InChI=1S/C17H22N4O/c1-10-14-4-3-13(9-15(14)20-19-10)17(22)18-16-11(2)21-7-5-12(16)6-8-21/h3-4,9,11-12,16H,5-8H2,1-2H3,(H,18,22)(H,19,20)/t11-,16-/m0/s1. The molecule has 5 rings (SSSR count). The van der Waals surface area contributed by atoms with Crippen LogP contribution in [-0.4, -0.2) is 46.2 Å². The molecule has 4 heterocycles. The maximum Gasteiger partial charge on any atom is 0.251 e. The molecule has 0 radical (unpaired) electrons. The molecule has 1 aromatic carbocycles. The van der Waals surface area contributed by atoms with Crippen LogP contribution in [0.25, 0.3) is 10.9 Å². The molecule has 2 aromatic rings. The average molecular weight is 298 g/mol. The fourth-order valence-electron chi connectivity index (χ4n) is 4.07. The lowest BCUT2D eigenvalue weighted by molar-refractivity contribution is 0.0217. The van der Waals surface area contributed by atoms with Gasteiger partial charge in [0.2, 0.25) is 0 Å². The molecule has 1 aromatic heterocycles. The van der Waals surface area contributed by atoms with Crippen LogP contribution in [0.5, 0.6) is 0 Å². The summed E-state index contributed by atoms with van der Waals surface area (Å²) in [6.07, 6.45) is 2.40. The first-order valence-corrected chi connectivity index (χ1v) is 8.13. The van der Waals surface area contributed by atoms with E-state index in [0.29, 0.717) is 17.5 Å². The third-order valence-corrected chi connectivity index (χ3v) is 5.48. The minimum absolute atomic E-state index is 0.0214. The van der Waals surface area contributed by atoms with Gasteiger partial charge in [0.15, 0.2) is 0 Å². The van der Waals surface area contributed by atoms with Gasteiger partial charge in [-0.25, -0.2) is 0 Å². The van der Waals surface area contributed by atoms with Crippen LogP contribution >= 0.6 is 0 Å². The molecule has 0 spiro atoms. The minimum Gasteiger partial charge on any atom is -0.347 e. The summed E-state index contributed by atoms with van der Waals surface area (Å²) in [6, 6.07) is 6.45. The van der Waals surface area contributed by atoms with Crippen molar-refractivity contribution >= 4 is 16.8 Å². The van der Waals surface area contributed by atoms with Crippen molar-refractivity contribution in [2.75, 3.05) is 13.1 Å². The molecule has 0 saturated carbocycles. The Hall–Kier alpha value is -1.88. The number of nitrogens with one attached hydrogen (secondary N) is 2. The largest absolute Gasteiger partial charge is 0.347 e. The zero-order valence-corrected chi connectivity index (χ0v) is 13.1. The Morgan fingerprint density at radius 3 is 2.86 bits per heavy atom. The smallest absolute Gasteiger partial charge is 0.251 e. The second kappa shape index (κ2) is 5.09. The van der Waals surface area contributed by atoms with E-state index in [2.05, 4.69) is 27.3 Å². The van der Waals surface area contributed by atoms with Gasteiger partial charge in [-0.3, -0.25) is 14.8 Å². The van der Waals surface area contributed by atoms with Crippen molar-refractivity contribution in [3.63, 3.8) is 0 Å². The first-order chi connectivity index (χ1) is 10.6. The van der Waals surface area contributed by atoms with Crippen LogP contribution in [0.2, 0.25) is 0 Å². The van der Waals surface area contributed by atoms with Gasteiger partial charge in [0, 0.05) is 28.7 Å². The van der Waals surface area contributed by atoms with Crippen LogP contribution in [0.3, 0.4) is 0 Å². The molecule has 116 valence electrons. The second-order valence-electron chi connectivity index (χ2n) is 6.69. The molecule has 5 nitrogen and oxygen atoms in total. The summed E-state index contributed by atoms with van der Waals surface area (Å²) in [6.45, 7) is 6.58. The molecule has 2 atom stereocenters. The number of hydrogen-bond donors (Lipinski definition) is 2. The monoisotopic (exact) mass is 298 g/mol. The Labute approximate surface area is 130 Å². The molecule has 1 amide bonds. The Morgan fingerprint density at radius 2 is 2.14 bits per heavy atom. The van der Waals surface area contributed by atoms with Crippen molar-refractivity contribution < 1.29 is 4.79 Å². The highest BCUT2D eigenvalue weighted by atomic mass is 16.1. The molecule has 3 aliphatic rings. The molecule has 3 aliphatic heterocycles. The SMILES string of the molecule is Cc1[nH]nc2cc(C(=O)N[C@@H]3C4CCN(CC4)[C@H]3C)ccc12. The second-order valence-corrected chi connectivity index (χ2v) is 6.69. The van der Waals surface area contributed by atoms with Crippen LogP contribution in [0, 0.1) is 12.8 Å². The van der Waals surface area contributed by atoms with Crippen molar-refractivity contribution in [1.29, 1.82) is 0 Å². The number of aromatic amines is 1. The number of piperidine rings is 3. The average Bonchev–Trinajstić information content (AvgIpc) is 2.92. The third-order valence-electron chi connectivity index (χ3n) is 5.48. The summed E-state index contributed by atoms with van der Waals surface area (Å²) in [5, 5.41) is 11.6. The maximum atomic E-state index is 12.6. The number of carbonyl (C=O) groups is 1. The number of aromatic nitrogens is 2. The zero-order chi connectivity index (χ0) is 15.3. The molecular weight excluding hydrogens is 276 g/mol. The van der Waals surface area contributed by atoms with Gasteiger partial charge in [0.05, 0.1) is 5.52 Å². The van der Waals surface area contributed by atoms with E-state index in [1.165, 1.54) is 25.9 Å². The van der Waals surface area contributed by atoms with Crippen molar-refractivity contribution in [1.82, 2.24) is 20.4 Å². The molecule has 22 heavy (non-hydrogen) atoms. The van der Waals surface area contributed by atoms with E-state index >= 15 is 0 Å². The van der Waals surface area contributed by atoms with Crippen LogP contribution in [0.15, 0.2) is 18.2 Å². The molecule has 3 saturated heterocycles. The van der Waals surface area contributed by atoms with Gasteiger partial charge in [-0.2, -0.15) is 5.10 Å². The van der Waals surface area contributed by atoms with Gasteiger partial charge in [0.1, 0.15) is 0 Å². The zero-order valence-electron chi connectivity index (χ0n) is 13.1. The Bertz CT molecular complexity index is 713. The van der Waals surface area contributed by atoms with Crippen LogP contribution in [0.1, 0.15) is 35.8 Å². The lowest BCUT2D eigenvalue weighted by Gasteiger charge is -2.49. The fraction of sp³-hybridized carbons (Fsp3) is 0.529. The van der Waals surface area contributed by atoms with Gasteiger partial charge in [-0.05, 0) is 57.8 Å². The van der Waals surface area contributed by atoms with E-state index in [9.17, 15) is 4.79 Å². The van der Waals surface area contributed by atoms with E-state index in [4.69, 9.17) is 0 Å². The topological polar surface area (TPSA) is 61.0 Å². The van der Waals surface area contributed by atoms with Crippen molar-refractivity contribution in [3.8, 4) is 0 Å². The first kappa shape index (κ1) is 13.8. The molecule has 5 heteroatoms. The number of aryl methyl sites for hydroxylation is 1. The van der Waals surface area contributed by atoms with Crippen LogP contribution in [-0.2, 0) is 0 Å². The highest BCUT2D eigenvalue weighted by molar-refractivity contribution is 5.98. The third kappa shape index (κ3) is 2.11. The Balaban J connectivity index is 1.55. The molecule has 0 unspecified atom stereocenters. The molecule has 2 N–H and O–H groups in total. The van der Waals surface area contributed by atoms with Gasteiger partial charge < -0.3 is 5.32 Å². The summed E-state index contributed by atoms with van der Waals surface area (Å²) in [5.74, 6) is 0.647. The molecular formula is C17H22N4O. The molecule has 3 fully saturated rings. The number of amides is 1. The van der Waals surface area contributed by atoms with Crippen LogP contribution < -0.4 is 5.32 Å². The number of benzene rings is 1. The van der Waals surface area contributed by atoms with E-state index in [1.54, 1.807) is 0 Å². The number of nitrogens with zero attached hydrogens (tertiary/aromatic N) is 2. The maximum absolute atomic E-state index is 12.6. The quantitative estimate of drug-likeness (QED) is 0.892. The normalized spacial score (nSPS) is 30.6. The summed E-state index contributed by atoms with van der Waals surface area (Å²) in [7, 11) is 0. The number of carbonyl (C=O) groups excluding carboxylic acids is 1. The van der Waals surface area contributed by atoms with Crippen molar-refractivity contribution in [2.45, 2.75) is 38.8 Å². The lowest BCUT2D eigenvalue weighted by Crippen LogP contribution is -2.62. The number of rotatable bonds is 2. The lowest BCUT2D eigenvalue weighted by atomic mass is 9.79. The molecule has 2 bridgehead atoms. The van der Waals surface area contributed by atoms with Gasteiger partial charge in [-0.1, -0.05) is 6.07 Å². The highest BCUT2D eigenvalue weighted by Crippen LogP contribution is 2.32. The summed E-state index contributed by atoms with van der Waals surface area (Å²) in [4.78, 5) is 15.1. The van der Waals surface area contributed by atoms with Crippen LogP contribution in [0.4, 0.5) is 0 Å². The number of hydrogen-bond acceptors (Lipinski definition) is 3. The minimum atomic E-state index is 0.0214. The fourth-order valence-corrected chi connectivity index (χ4v) is 4.07. The molecule has 0 aliphatic carbocycles. The Morgan fingerprint density at radius 1 is 1.36 bits per heavy atom. The number of fused-ring (bicyclic) bond motifs is 4. The van der Waals surface area contributed by atoms with E-state index < -0.39 is 0 Å². The van der Waals surface area contributed by atoms with Crippen molar-refractivity contribution in [3.05, 3.63) is 29.5 Å². The predicted octanol–water partition coefficient (Wildman–Crippen LogP) is 2.08. The predicted molar refractivity (Wildman–Crippen MR) is 85.8 cm³/mol. The van der Waals surface area contributed by atoms with Gasteiger partial charge in [0.25, 0.3) is 5.91 Å².